The first-order chi connectivity index (χ1) is 14.7. The maximum absolute atomic E-state index is 12.0. The number of carbonyl (C=O) groups is 1. The molecular weight excluding hydrogens is 452 g/mol. The van der Waals surface area contributed by atoms with E-state index < -0.39 is 11.9 Å². The molecule has 1 amide bonds. The van der Waals surface area contributed by atoms with Crippen molar-refractivity contribution in [3.63, 3.8) is 0 Å². The zero-order valence-corrected chi connectivity index (χ0v) is 20.2. The topological polar surface area (TPSA) is 201 Å². The van der Waals surface area contributed by atoms with Gasteiger partial charge in [0.05, 0.1) is 0 Å². The maximum atomic E-state index is 12.0. The number of nitrogens with zero attached hydrogens (tertiary/aromatic N) is 4. The maximum Gasteiger partial charge on any atom is 0.240 e. The third-order valence-corrected chi connectivity index (χ3v) is 6.49. The summed E-state index contributed by atoms with van der Waals surface area (Å²) < 4.78 is 0. The van der Waals surface area contributed by atoms with Crippen molar-refractivity contribution in [2.45, 2.75) is 68.2 Å². The Morgan fingerprint density at radius 1 is 1.03 bits per heavy atom. The van der Waals surface area contributed by atoms with E-state index in [0.29, 0.717) is 37.2 Å². The second-order valence-corrected chi connectivity index (χ2v) is 9.77. The Morgan fingerprint density at radius 2 is 1.62 bits per heavy atom. The number of nitrogens with one attached hydrogen (secondary N) is 1. The Hall–Kier alpha value is -1.44. The summed E-state index contributed by atoms with van der Waals surface area (Å²) >= 11 is 1.65. The first kappa shape index (κ1) is 26.8. The highest BCUT2D eigenvalue weighted by molar-refractivity contribution is 7.98. The lowest BCUT2D eigenvalue weighted by Gasteiger charge is -2.35. The van der Waals surface area contributed by atoms with Crippen LogP contribution in [0.2, 0.25) is 0 Å². The lowest BCUT2D eigenvalue weighted by molar-refractivity contribution is -0.118. The standard InChI is InChI=1S/C19H36N10OS.ClH/c1-31-3-2-15(16(24)30)25-18-26-17(10-4-11(20)6-12(21)5-10)27-19(28-18)29-8-13(22)7-14(23)9-29;/h10-15H,2-9,20-23H2,1H3,(H2,24,30)(H,25,26,27,28);1H/t10?,11-,12+,13-,14+,15-;/m0./s1. The van der Waals surface area contributed by atoms with Crippen LogP contribution in [0.5, 0.6) is 0 Å². The van der Waals surface area contributed by atoms with Gasteiger partial charge in [-0.1, -0.05) is 0 Å². The van der Waals surface area contributed by atoms with E-state index in [-0.39, 0.29) is 42.5 Å². The van der Waals surface area contributed by atoms with Crippen molar-refractivity contribution in [2.75, 3.05) is 35.3 Å². The Morgan fingerprint density at radius 3 is 2.19 bits per heavy atom. The number of rotatable bonds is 8. The lowest BCUT2D eigenvalue weighted by atomic mass is 9.83. The quantitative estimate of drug-likeness (QED) is 0.264. The second kappa shape index (κ2) is 12.1. The third-order valence-electron chi connectivity index (χ3n) is 5.84. The molecule has 1 aliphatic carbocycles. The Balaban J connectivity index is 0.00000363. The molecule has 11 nitrogen and oxygen atoms in total. The molecule has 1 aromatic heterocycles. The number of hydrogen-bond acceptors (Lipinski definition) is 11. The Bertz CT molecular complexity index is 695. The van der Waals surface area contributed by atoms with E-state index in [1.54, 1.807) is 11.8 Å². The molecule has 1 aliphatic heterocycles. The van der Waals surface area contributed by atoms with Crippen molar-refractivity contribution in [1.82, 2.24) is 15.0 Å². The van der Waals surface area contributed by atoms with Gasteiger partial charge in [-0.25, -0.2) is 0 Å². The summed E-state index contributed by atoms with van der Waals surface area (Å²) in [5.41, 5.74) is 30.4. The van der Waals surface area contributed by atoms with Crippen molar-refractivity contribution in [1.29, 1.82) is 0 Å². The molecule has 13 heteroatoms. The number of primary amides is 1. The van der Waals surface area contributed by atoms with Crippen molar-refractivity contribution in [3.8, 4) is 0 Å². The number of thioether (sulfide) groups is 1. The lowest BCUT2D eigenvalue weighted by Crippen LogP contribution is -2.53. The zero-order valence-electron chi connectivity index (χ0n) is 18.5. The molecule has 1 unspecified atom stereocenters. The minimum absolute atomic E-state index is 0. The molecule has 6 atom stereocenters. The molecule has 0 radical (unpaired) electrons. The van der Waals surface area contributed by atoms with Gasteiger partial charge in [0.25, 0.3) is 0 Å². The molecule has 11 N–H and O–H groups in total. The third kappa shape index (κ3) is 7.29. The van der Waals surface area contributed by atoms with Crippen molar-refractivity contribution in [3.05, 3.63) is 5.82 Å². The molecule has 1 saturated heterocycles. The van der Waals surface area contributed by atoms with Gasteiger partial charge in [0.15, 0.2) is 0 Å². The number of nitrogens with two attached hydrogens (primary N) is 5. The van der Waals surface area contributed by atoms with Crippen molar-refractivity contribution < 1.29 is 4.79 Å². The van der Waals surface area contributed by atoms with Crippen LogP contribution in [0.4, 0.5) is 11.9 Å². The van der Waals surface area contributed by atoms with Gasteiger partial charge in [-0.15, -0.1) is 12.4 Å². The molecule has 2 heterocycles. The van der Waals surface area contributed by atoms with E-state index in [4.69, 9.17) is 33.7 Å². The summed E-state index contributed by atoms with van der Waals surface area (Å²) in [6.45, 7) is 1.21. The van der Waals surface area contributed by atoms with Crippen LogP contribution in [-0.2, 0) is 4.79 Å². The van der Waals surface area contributed by atoms with Gasteiger partial charge < -0.3 is 38.9 Å². The number of halogens is 1. The molecule has 0 aromatic carbocycles. The fourth-order valence-corrected chi connectivity index (χ4v) is 4.88. The van der Waals surface area contributed by atoms with Gasteiger partial charge in [0, 0.05) is 43.2 Å². The van der Waals surface area contributed by atoms with Crippen molar-refractivity contribution in [2.24, 2.45) is 28.7 Å². The average molecular weight is 489 g/mol. The van der Waals surface area contributed by atoms with Gasteiger partial charge >= 0.3 is 0 Å². The number of piperidine rings is 1. The van der Waals surface area contributed by atoms with Gasteiger partial charge in [-0.3, -0.25) is 4.79 Å². The predicted molar refractivity (Wildman–Crippen MR) is 132 cm³/mol. The molecule has 0 spiro atoms. The SMILES string of the molecule is CSCC[C@H](Nc1nc(C2C[C@@H](N)C[C@@H](N)C2)nc(N2C[C@H](N)C[C@H](N)C2)n1)C(N)=O.Cl. The largest absolute Gasteiger partial charge is 0.368 e. The normalized spacial score (nSPS) is 29.2. The van der Waals surface area contributed by atoms with Crippen LogP contribution in [0, 0.1) is 0 Å². The van der Waals surface area contributed by atoms with Crippen LogP contribution in [0.3, 0.4) is 0 Å². The van der Waals surface area contributed by atoms with Crippen LogP contribution >= 0.6 is 24.2 Å². The molecule has 32 heavy (non-hydrogen) atoms. The number of hydrogen-bond donors (Lipinski definition) is 6. The Labute approximate surface area is 199 Å². The van der Waals surface area contributed by atoms with Gasteiger partial charge in [-0.2, -0.15) is 26.7 Å². The second-order valence-electron chi connectivity index (χ2n) is 8.78. The van der Waals surface area contributed by atoms with Crippen molar-refractivity contribution >= 4 is 42.0 Å². The highest BCUT2D eigenvalue weighted by Gasteiger charge is 2.31. The summed E-state index contributed by atoms with van der Waals surface area (Å²) in [6.07, 6.45) is 5.60. The fourth-order valence-electron chi connectivity index (χ4n) is 4.41. The van der Waals surface area contributed by atoms with Gasteiger partial charge in [0.1, 0.15) is 11.9 Å². The van der Waals surface area contributed by atoms with Gasteiger partial charge in [-0.05, 0) is 44.1 Å². The highest BCUT2D eigenvalue weighted by atomic mass is 35.5. The molecule has 0 bridgehead atoms. The molecule has 2 aliphatic rings. The zero-order chi connectivity index (χ0) is 22.5. The first-order valence-corrected chi connectivity index (χ1v) is 12.2. The summed E-state index contributed by atoms with van der Waals surface area (Å²) in [5.74, 6) is 1.81. The summed E-state index contributed by atoms with van der Waals surface area (Å²) in [7, 11) is 0. The minimum atomic E-state index is -0.572. The van der Waals surface area contributed by atoms with E-state index in [0.717, 1.165) is 31.4 Å². The molecule has 3 rings (SSSR count). The predicted octanol–water partition coefficient (Wildman–Crippen LogP) is -0.901. The summed E-state index contributed by atoms with van der Waals surface area (Å²) in [4.78, 5) is 27.9. The average Bonchev–Trinajstić information content (AvgIpc) is 2.69. The van der Waals surface area contributed by atoms with Crippen LogP contribution < -0.4 is 38.9 Å². The summed E-state index contributed by atoms with van der Waals surface area (Å²) in [5, 5.41) is 3.12. The fraction of sp³-hybridized carbons (Fsp3) is 0.789. The van der Waals surface area contributed by atoms with E-state index in [1.807, 2.05) is 11.2 Å². The molecular formula is C19H37ClN10OS. The van der Waals surface area contributed by atoms with Crippen LogP contribution in [-0.4, -0.2) is 76.2 Å². The number of carbonyl (C=O) groups excluding carboxylic acids is 1. The first-order valence-electron chi connectivity index (χ1n) is 10.8. The molecule has 1 saturated carbocycles. The summed E-state index contributed by atoms with van der Waals surface area (Å²) in [6, 6.07) is -0.685. The van der Waals surface area contributed by atoms with Crippen LogP contribution in [0.25, 0.3) is 0 Å². The monoisotopic (exact) mass is 488 g/mol. The number of amides is 1. The smallest absolute Gasteiger partial charge is 0.240 e. The van der Waals surface area contributed by atoms with Crippen LogP contribution in [0.1, 0.15) is 43.8 Å². The number of aromatic nitrogens is 3. The van der Waals surface area contributed by atoms with E-state index in [1.165, 1.54) is 0 Å². The molecule has 2 fully saturated rings. The minimum Gasteiger partial charge on any atom is -0.368 e. The van der Waals surface area contributed by atoms with E-state index >= 15 is 0 Å². The molecule has 182 valence electrons. The number of anilines is 2. The van der Waals surface area contributed by atoms with E-state index in [9.17, 15) is 4.79 Å². The van der Waals surface area contributed by atoms with Crippen LogP contribution in [0.15, 0.2) is 0 Å². The van der Waals surface area contributed by atoms with Gasteiger partial charge in [0.2, 0.25) is 17.8 Å². The molecule has 1 aromatic rings. The Kier molecular flexibility index (Phi) is 10.2. The van der Waals surface area contributed by atoms with E-state index in [2.05, 4.69) is 15.3 Å². The highest BCUT2D eigenvalue weighted by Crippen LogP contribution is 2.31.